The Labute approximate surface area is 102 Å². The number of hydrogen-bond acceptors (Lipinski definition) is 1. The molecule has 2 fully saturated rings. The SMILES string of the molecule is CC1CC(NC2CC(c3ccccc3F)C2)C1. The molecular formula is C15H20FN. The van der Waals surface area contributed by atoms with Crippen molar-refractivity contribution in [1.29, 1.82) is 0 Å². The Morgan fingerprint density at radius 3 is 2.35 bits per heavy atom. The molecule has 0 heterocycles. The highest BCUT2D eigenvalue weighted by atomic mass is 19.1. The normalized spacial score (nSPS) is 36.1. The van der Waals surface area contributed by atoms with Gasteiger partial charge in [-0.1, -0.05) is 25.1 Å². The van der Waals surface area contributed by atoms with Crippen LogP contribution in [0, 0.1) is 11.7 Å². The van der Waals surface area contributed by atoms with E-state index < -0.39 is 0 Å². The second-order valence-corrected chi connectivity index (χ2v) is 5.83. The maximum atomic E-state index is 13.6. The molecule has 0 amide bonds. The average molecular weight is 233 g/mol. The molecule has 92 valence electrons. The van der Waals surface area contributed by atoms with Crippen LogP contribution in [0.5, 0.6) is 0 Å². The van der Waals surface area contributed by atoms with Gasteiger partial charge in [-0.3, -0.25) is 0 Å². The number of benzene rings is 1. The highest BCUT2D eigenvalue weighted by Crippen LogP contribution is 2.39. The molecule has 1 N–H and O–H groups in total. The summed E-state index contributed by atoms with van der Waals surface area (Å²) in [5.74, 6) is 1.30. The van der Waals surface area contributed by atoms with E-state index in [-0.39, 0.29) is 5.82 Å². The molecule has 2 saturated carbocycles. The van der Waals surface area contributed by atoms with E-state index in [9.17, 15) is 4.39 Å². The van der Waals surface area contributed by atoms with Crippen molar-refractivity contribution in [2.75, 3.05) is 0 Å². The molecule has 0 aliphatic heterocycles. The zero-order valence-corrected chi connectivity index (χ0v) is 10.3. The van der Waals surface area contributed by atoms with Crippen molar-refractivity contribution in [1.82, 2.24) is 5.32 Å². The van der Waals surface area contributed by atoms with Gasteiger partial charge in [0.1, 0.15) is 5.82 Å². The van der Waals surface area contributed by atoms with Crippen LogP contribution in [0.4, 0.5) is 4.39 Å². The highest BCUT2D eigenvalue weighted by molar-refractivity contribution is 5.24. The average Bonchev–Trinajstić information content (AvgIpc) is 2.21. The minimum absolute atomic E-state index is 0.0341. The molecule has 0 aromatic heterocycles. The largest absolute Gasteiger partial charge is 0.311 e. The Bertz CT molecular complexity index is 392. The molecule has 1 aromatic rings. The fourth-order valence-electron chi connectivity index (χ4n) is 3.19. The predicted molar refractivity (Wildman–Crippen MR) is 67.5 cm³/mol. The van der Waals surface area contributed by atoms with Gasteiger partial charge in [0.05, 0.1) is 0 Å². The Morgan fingerprint density at radius 2 is 1.71 bits per heavy atom. The molecule has 0 spiro atoms. The van der Waals surface area contributed by atoms with E-state index in [2.05, 4.69) is 12.2 Å². The minimum Gasteiger partial charge on any atom is -0.311 e. The van der Waals surface area contributed by atoms with Gasteiger partial charge in [-0.05, 0) is 49.1 Å². The van der Waals surface area contributed by atoms with Crippen molar-refractivity contribution in [2.45, 2.75) is 50.6 Å². The first kappa shape index (κ1) is 11.2. The van der Waals surface area contributed by atoms with E-state index in [0.29, 0.717) is 12.0 Å². The van der Waals surface area contributed by atoms with Gasteiger partial charge in [-0.2, -0.15) is 0 Å². The second-order valence-electron chi connectivity index (χ2n) is 5.83. The van der Waals surface area contributed by atoms with Crippen LogP contribution in [0.3, 0.4) is 0 Å². The Hall–Kier alpha value is -0.890. The first-order valence-electron chi connectivity index (χ1n) is 6.73. The topological polar surface area (TPSA) is 12.0 Å². The Morgan fingerprint density at radius 1 is 1.06 bits per heavy atom. The van der Waals surface area contributed by atoms with Crippen LogP contribution in [-0.2, 0) is 0 Å². The van der Waals surface area contributed by atoms with Crippen LogP contribution in [-0.4, -0.2) is 12.1 Å². The zero-order valence-electron chi connectivity index (χ0n) is 10.3. The van der Waals surface area contributed by atoms with Crippen LogP contribution < -0.4 is 5.32 Å². The van der Waals surface area contributed by atoms with Crippen molar-refractivity contribution in [3.05, 3.63) is 35.6 Å². The van der Waals surface area contributed by atoms with E-state index >= 15 is 0 Å². The summed E-state index contributed by atoms with van der Waals surface area (Å²) in [6.45, 7) is 2.31. The molecule has 2 heteroatoms. The summed E-state index contributed by atoms with van der Waals surface area (Å²) >= 11 is 0. The third kappa shape index (κ3) is 2.23. The fraction of sp³-hybridized carbons (Fsp3) is 0.600. The van der Waals surface area contributed by atoms with Crippen molar-refractivity contribution in [3.8, 4) is 0 Å². The van der Waals surface area contributed by atoms with Crippen molar-refractivity contribution >= 4 is 0 Å². The van der Waals surface area contributed by atoms with Crippen LogP contribution >= 0.6 is 0 Å². The highest BCUT2D eigenvalue weighted by Gasteiger charge is 2.35. The summed E-state index contributed by atoms with van der Waals surface area (Å²) in [5.41, 5.74) is 0.910. The standard InChI is InChI=1S/C15H20FN/c1-10-6-12(7-10)17-13-8-11(9-13)14-4-2-3-5-15(14)16/h2-5,10-13,17H,6-9H2,1H3. The molecule has 3 rings (SSSR count). The molecule has 0 bridgehead atoms. The monoisotopic (exact) mass is 233 g/mol. The molecule has 1 aromatic carbocycles. The van der Waals surface area contributed by atoms with Crippen molar-refractivity contribution in [2.24, 2.45) is 5.92 Å². The third-order valence-corrected chi connectivity index (χ3v) is 4.33. The molecule has 17 heavy (non-hydrogen) atoms. The van der Waals surface area contributed by atoms with E-state index in [0.717, 1.165) is 30.4 Å². The summed E-state index contributed by atoms with van der Waals surface area (Å²) in [4.78, 5) is 0. The van der Waals surface area contributed by atoms with Gasteiger partial charge >= 0.3 is 0 Å². The summed E-state index contributed by atoms with van der Waals surface area (Å²) in [7, 11) is 0. The molecule has 2 aliphatic rings. The van der Waals surface area contributed by atoms with Gasteiger partial charge in [0.2, 0.25) is 0 Å². The first-order chi connectivity index (χ1) is 8.22. The summed E-state index contributed by atoms with van der Waals surface area (Å²) in [6, 6.07) is 8.56. The Kier molecular flexibility index (Phi) is 2.91. The number of hydrogen-bond donors (Lipinski definition) is 1. The van der Waals surface area contributed by atoms with Gasteiger partial charge in [-0.25, -0.2) is 4.39 Å². The minimum atomic E-state index is -0.0341. The van der Waals surface area contributed by atoms with Crippen LogP contribution in [0.2, 0.25) is 0 Å². The molecule has 0 radical (unpaired) electrons. The molecule has 2 aliphatic carbocycles. The van der Waals surface area contributed by atoms with E-state index in [4.69, 9.17) is 0 Å². The first-order valence-corrected chi connectivity index (χ1v) is 6.73. The molecular weight excluding hydrogens is 213 g/mol. The van der Waals surface area contributed by atoms with Gasteiger partial charge in [0.25, 0.3) is 0 Å². The third-order valence-electron chi connectivity index (χ3n) is 4.33. The maximum Gasteiger partial charge on any atom is 0.126 e. The summed E-state index contributed by atoms with van der Waals surface area (Å²) in [6.07, 6.45) is 4.85. The molecule has 0 unspecified atom stereocenters. The summed E-state index contributed by atoms with van der Waals surface area (Å²) < 4.78 is 13.6. The van der Waals surface area contributed by atoms with Gasteiger partial charge in [-0.15, -0.1) is 0 Å². The van der Waals surface area contributed by atoms with Crippen LogP contribution in [0.15, 0.2) is 24.3 Å². The lowest BCUT2D eigenvalue weighted by atomic mass is 9.73. The number of halogens is 1. The van der Waals surface area contributed by atoms with Crippen LogP contribution in [0.1, 0.15) is 44.1 Å². The zero-order chi connectivity index (χ0) is 11.8. The predicted octanol–water partition coefficient (Wildman–Crippen LogP) is 3.46. The van der Waals surface area contributed by atoms with E-state index in [1.807, 2.05) is 12.1 Å². The molecule has 0 saturated heterocycles. The van der Waals surface area contributed by atoms with Gasteiger partial charge < -0.3 is 5.32 Å². The van der Waals surface area contributed by atoms with E-state index in [1.54, 1.807) is 12.1 Å². The smallest absolute Gasteiger partial charge is 0.126 e. The Balaban J connectivity index is 1.50. The quantitative estimate of drug-likeness (QED) is 0.843. The lowest BCUT2D eigenvalue weighted by Crippen LogP contribution is -2.50. The molecule has 1 nitrogen and oxygen atoms in total. The lowest BCUT2D eigenvalue weighted by Gasteiger charge is -2.43. The number of nitrogens with one attached hydrogen (secondary N) is 1. The number of rotatable bonds is 3. The molecule has 0 atom stereocenters. The lowest BCUT2D eigenvalue weighted by molar-refractivity contribution is 0.176. The summed E-state index contributed by atoms with van der Waals surface area (Å²) in [5, 5.41) is 3.68. The fourth-order valence-corrected chi connectivity index (χ4v) is 3.19. The van der Waals surface area contributed by atoms with Crippen LogP contribution in [0.25, 0.3) is 0 Å². The van der Waals surface area contributed by atoms with Gasteiger partial charge in [0, 0.05) is 12.1 Å². The second kappa shape index (κ2) is 4.41. The van der Waals surface area contributed by atoms with Gasteiger partial charge in [0.15, 0.2) is 0 Å². The maximum absolute atomic E-state index is 13.6. The van der Waals surface area contributed by atoms with Crippen molar-refractivity contribution in [3.63, 3.8) is 0 Å². The van der Waals surface area contributed by atoms with E-state index in [1.165, 1.54) is 12.8 Å². The van der Waals surface area contributed by atoms with Crippen molar-refractivity contribution < 1.29 is 4.39 Å².